The van der Waals surface area contributed by atoms with Gasteiger partial charge in [0.15, 0.2) is 0 Å². The predicted octanol–water partition coefficient (Wildman–Crippen LogP) is 2.68. The van der Waals surface area contributed by atoms with Gasteiger partial charge in [0.1, 0.15) is 5.75 Å². The SMILES string of the molecule is COP(=O)(OC(=O)CCS)Oc1ccccc1. The highest BCUT2D eigenvalue weighted by Crippen LogP contribution is 2.48. The van der Waals surface area contributed by atoms with E-state index >= 15 is 0 Å². The van der Waals surface area contributed by atoms with Crippen molar-refractivity contribution >= 4 is 26.4 Å². The van der Waals surface area contributed by atoms with Crippen molar-refractivity contribution < 1.29 is 22.9 Å². The fourth-order valence-corrected chi connectivity index (χ4v) is 2.05. The Balaban J connectivity index is 2.69. The Morgan fingerprint density at radius 3 is 2.53 bits per heavy atom. The van der Waals surface area contributed by atoms with Crippen LogP contribution in [0, 0.1) is 0 Å². The Kier molecular flexibility index (Phi) is 5.55. The summed E-state index contributed by atoms with van der Waals surface area (Å²) < 4.78 is 26.2. The first-order valence-corrected chi connectivity index (χ1v) is 6.92. The van der Waals surface area contributed by atoms with Gasteiger partial charge in [-0.15, -0.1) is 0 Å². The normalized spacial score (nSPS) is 13.8. The molecule has 1 aromatic rings. The molecule has 0 aromatic heterocycles. The van der Waals surface area contributed by atoms with E-state index in [1.807, 2.05) is 0 Å². The van der Waals surface area contributed by atoms with E-state index < -0.39 is 13.8 Å². The van der Waals surface area contributed by atoms with Crippen LogP contribution in [0.25, 0.3) is 0 Å². The van der Waals surface area contributed by atoms with Crippen LogP contribution >= 0.6 is 20.5 Å². The Hall–Kier alpha value is -0.970. The molecule has 1 atom stereocenters. The van der Waals surface area contributed by atoms with Gasteiger partial charge in [0.05, 0.1) is 6.42 Å². The molecule has 1 rings (SSSR count). The van der Waals surface area contributed by atoms with Gasteiger partial charge >= 0.3 is 13.8 Å². The number of benzene rings is 1. The quantitative estimate of drug-likeness (QED) is 0.639. The highest BCUT2D eigenvalue weighted by atomic mass is 32.1. The average Bonchev–Trinajstić information content (AvgIpc) is 2.30. The van der Waals surface area contributed by atoms with Crippen molar-refractivity contribution in [2.75, 3.05) is 12.9 Å². The summed E-state index contributed by atoms with van der Waals surface area (Å²) in [5, 5.41) is 0. The molecule has 0 N–H and O–H groups in total. The highest BCUT2D eigenvalue weighted by molar-refractivity contribution is 7.80. The summed E-state index contributed by atoms with van der Waals surface area (Å²) in [6.45, 7) is 0. The lowest BCUT2D eigenvalue weighted by atomic mass is 10.3. The van der Waals surface area contributed by atoms with E-state index in [0.717, 1.165) is 7.11 Å². The maximum atomic E-state index is 11.9. The summed E-state index contributed by atoms with van der Waals surface area (Å²) in [6, 6.07) is 8.34. The Morgan fingerprint density at radius 2 is 2.00 bits per heavy atom. The Morgan fingerprint density at radius 1 is 1.35 bits per heavy atom. The zero-order chi connectivity index (χ0) is 12.7. The number of carbonyl (C=O) groups is 1. The fraction of sp³-hybridized carbons (Fsp3) is 0.300. The van der Waals surface area contributed by atoms with Crippen molar-refractivity contribution in [3.8, 4) is 5.75 Å². The summed E-state index contributed by atoms with van der Waals surface area (Å²) in [7, 11) is -2.74. The lowest BCUT2D eigenvalue weighted by Crippen LogP contribution is -2.08. The molecule has 0 bridgehead atoms. The standard InChI is InChI=1S/C10H13O5PS/c1-13-16(12,15-10(11)7-8-17)14-9-5-3-2-4-6-9/h2-6,17H,7-8H2,1H3. The topological polar surface area (TPSA) is 61.8 Å². The number of carbonyl (C=O) groups excluding carboxylic acids is 1. The van der Waals surface area contributed by atoms with Crippen LogP contribution in [-0.4, -0.2) is 18.8 Å². The van der Waals surface area contributed by atoms with Crippen LogP contribution in [0.3, 0.4) is 0 Å². The molecule has 0 saturated carbocycles. The smallest absolute Gasteiger partial charge is 0.395 e. The van der Waals surface area contributed by atoms with E-state index in [9.17, 15) is 9.36 Å². The van der Waals surface area contributed by atoms with Gasteiger partial charge in [-0.05, 0) is 12.1 Å². The van der Waals surface area contributed by atoms with Crippen LogP contribution in [-0.2, 0) is 18.4 Å². The first kappa shape index (κ1) is 14.1. The lowest BCUT2D eigenvalue weighted by molar-refractivity contribution is -0.135. The summed E-state index contributed by atoms with van der Waals surface area (Å²) in [5.41, 5.74) is 0. The third-order valence-corrected chi connectivity index (χ3v) is 3.25. The van der Waals surface area contributed by atoms with Crippen LogP contribution in [0.2, 0.25) is 0 Å². The molecule has 0 radical (unpaired) electrons. The zero-order valence-corrected chi connectivity index (χ0v) is 11.0. The molecule has 1 aromatic carbocycles. The molecule has 0 amide bonds. The van der Waals surface area contributed by atoms with Crippen molar-refractivity contribution in [1.29, 1.82) is 0 Å². The fourth-order valence-electron chi connectivity index (χ4n) is 0.965. The molecular weight excluding hydrogens is 263 g/mol. The summed E-state index contributed by atoms with van der Waals surface area (Å²) in [6.07, 6.45) is 0.0363. The number of hydrogen-bond donors (Lipinski definition) is 1. The molecule has 0 heterocycles. The van der Waals surface area contributed by atoms with Gasteiger partial charge in [-0.1, -0.05) is 18.2 Å². The van der Waals surface area contributed by atoms with Crippen LogP contribution in [0.15, 0.2) is 30.3 Å². The van der Waals surface area contributed by atoms with Crippen molar-refractivity contribution in [1.82, 2.24) is 0 Å². The maximum Gasteiger partial charge on any atom is 0.589 e. The second kappa shape index (κ2) is 6.69. The third kappa shape index (κ3) is 4.81. The second-order valence-electron chi connectivity index (χ2n) is 2.97. The maximum absolute atomic E-state index is 11.9. The van der Waals surface area contributed by atoms with Gasteiger partial charge in [0.25, 0.3) is 0 Å². The molecule has 0 spiro atoms. The zero-order valence-electron chi connectivity index (χ0n) is 9.24. The van der Waals surface area contributed by atoms with Crippen molar-refractivity contribution in [3.05, 3.63) is 30.3 Å². The Labute approximate surface area is 105 Å². The van der Waals surface area contributed by atoms with Gasteiger partial charge < -0.3 is 9.05 Å². The Bertz CT molecular complexity index is 408. The first-order chi connectivity index (χ1) is 8.09. The van der Waals surface area contributed by atoms with E-state index in [0.29, 0.717) is 11.5 Å². The van der Waals surface area contributed by atoms with Gasteiger partial charge in [0, 0.05) is 12.9 Å². The summed E-state index contributed by atoms with van der Waals surface area (Å²) in [4.78, 5) is 11.2. The van der Waals surface area contributed by atoms with Crippen LogP contribution in [0.5, 0.6) is 5.75 Å². The van der Waals surface area contributed by atoms with Gasteiger partial charge in [-0.2, -0.15) is 12.6 Å². The molecule has 5 nitrogen and oxygen atoms in total. The third-order valence-electron chi connectivity index (χ3n) is 1.71. The van der Waals surface area contributed by atoms with E-state index in [2.05, 4.69) is 21.7 Å². The molecular formula is C10H13O5PS. The molecule has 94 valence electrons. The van der Waals surface area contributed by atoms with E-state index in [-0.39, 0.29) is 6.42 Å². The summed E-state index contributed by atoms with van der Waals surface area (Å²) in [5.74, 6) is -0.0779. The average molecular weight is 276 g/mol. The minimum absolute atomic E-state index is 0.0363. The first-order valence-electron chi connectivity index (χ1n) is 4.83. The molecule has 7 heteroatoms. The number of rotatable bonds is 6. The van der Waals surface area contributed by atoms with E-state index in [4.69, 9.17) is 4.52 Å². The van der Waals surface area contributed by atoms with Gasteiger partial charge in [-0.25, -0.2) is 4.57 Å². The molecule has 0 aliphatic carbocycles. The van der Waals surface area contributed by atoms with E-state index in [1.165, 1.54) is 0 Å². The van der Waals surface area contributed by atoms with Crippen molar-refractivity contribution in [2.45, 2.75) is 6.42 Å². The van der Waals surface area contributed by atoms with Crippen LogP contribution in [0.4, 0.5) is 0 Å². The van der Waals surface area contributed by atoms with Crippen molar-refractivity contribution in [3.63, 3.8) is 0 Å². The largest absolute Gasteiger partial charge is 0.589 e. The van der Waals surface area contributed by atoms with Gasteiger partial charge in [0.2, 0.25) is 0 Å². The summed E-state index contributed by atoms with van der Waals surface area (Å²) >= 11 is 3.87. The molecule has 1 unspecified atom stereocenters. The molecule has 17 heavy (non-hydrogen) atoms. The molecule has 0 aliphatic heterocycles. The molecule has 0 aliphatic rings. The predicted molar refractivity (Wildman–Crippen MR) is 66.2 cm³/mol. The minimum Gasteiger partial charge on any atom is -0.395 e. The second-order valence-corrected chi connectivity index (χ2v) is 5.04. The number of para-hydroxylation sites is 1. The number of phosphoric acid groups is 1. The highest BCUT2D eigenvalue weighted by Gasteiger charge is 2.31. The van der Waals surface area contributed by atoms with Crippen LogP contribution < -0.4 is 4.52 Å². The minimum atomic E-state index is -3.89. The lowest BCUT2D eigenvalue weighted by Gasteiger charge is -2.15. The van der Waals surface area contributed by atoms with Crippen molar-refractivity contribution in [2.24, 2.45) is 0 Å². The van der Waals surface area contributed by atoms with E-state index in [1.54, 1.807) is 30.3 Å². The number of phosphoric ester groups is 1. The van der Waals surface area contributed by atoms with Crippen LogP contribution in [0.1, 0.15) is 6.42 Å². The van der Waals surface area contributed by atoms with Gasteiger partial charge in [-0.3, -0.25) is 9.32 Å². The monoisotopic (exact) mass is 276 g/mol. The number of thiol groups is 1. The molecule has 0 saturated heterocycles. The molecule has 0 fully saturated rings. The number of hydrogen-bond acceptors (Lipinski definition) is 6.